The summed E-state index contributed by atoms with van der Waals surface area (Å²) >= 11 is 5.25. The number of rotatable bonds is 3. The fourth-order valence-electron chi connectivity index (χ4n) is 1.10. The summed E-state index contributed by atoms with van der Waals surface area (Å²) in [4.78, 5) is 26.2. The zero-order chi connectivity index (χ0) is 12.0. The number of hydrogen-bond acceptors (Lipinski definition) is 3. The van der Waals surface area contributed by atoms with Crippen LogP contribution < -0.4 is 10.6 Å². The molecule has 1 heterocycles. The van der Waals surface area contributed by atoms with E-state index in [1.807, 2.05) is 6.07 Å². The van der Waals surface area contributed by atoms with Gasteiger partial charge in [-0.15, -0.1) is 11.6 Å². The summed E-state index contributed by atoms with van der Waals surface area (Å²) in [5.74, 6) is -0.779. The first-order valence-electron chi connectivity index (χ1n) is 4.70. The van der Waals surface area contributed by atoms with E-state index < -0.39 is 11.9 Å². The van der Waals surface area contributed by atoms with Crippen LogP contribution in [-0.2, 0) is 4.79 Å². The van der Waals surface area contributed by atoms with Gasteiger partial charge in [0.2, 0.25) is 5.91 Å². The summed E-state index contributed by atoms with van der Waals surface area (Å²) in [5.41, 5.74) is 0.718. The van der Waals surface area contributed by atoms with E-state index in [4.69, 9.17) is 11.6 Å². The van der Waals surface area contributed by atoms with Crippen molar-refractivity contribution in [2.45, 2.75) is 13.0 Å². The highest BCUT2D eigenvalue weighted by atomic mass is 35.5. The monoisotopic (exact) mass is 241 g/mol. The van der Waals surface area contributed by atoms with Crippen molar-refractivity contribution >= 4 is 23.5 Å². The summed E-state index contributed by atoms with van der Waals surface area (Å²) in [6.45, 7) is 1.77. The molecule has 0 saturated carbocycles. The molecule has 16 heavy (non-hydrogen) atoms. The van der Waals surface area contributed by atoms with E-state index in [1.54, 1.807) is 25.3 Å². The lowest BCUT2D eigenvalue weighted by Crippen LogP contribution is -2.41. The lowest BCUT2D eigenvalue weighted by atomic mass is 10.2. The SMILES string of the molecule is CC(NC(=O)NC(=O)CCl)c1ccccn1. The Morgan fingerprint density at radius 3 is 2.81 bits per heavy atom. The summed E-state index contributed by atoms with van der Waals surface area (Å²) in [5, 5.41) is 4.65. The van der Waals surface area contributed by atoms with Gasteiger partial charge in [-0.05, 0) is 19.1 Å². The average molecular weight is 242 g/mol. The molecule has 1 rings (SSSR count). The Hall–Kier alpha value is -1.62. The van der Waals surface area contributed by atoms with Gasteiger partial charge in [0.05, 0.1) is 11.7 Å². The van der Waals surface area contributed by atoms with Gasteiger partial charge >= 0.3 is 6.03 Å². The van der Waals surface area contributed by atoms with Crippen molar-refractivity contribution < 1.29 is 9.59 Å². The van der Waals surface area contributed by atoms with E-state index in [0.717, 1.165) is 5.69 Å². The van der Waals surface area contributed by atoms with Crippen molar-refractivity contribution in [2.75, 3.05) is 5.88 Å². The Balaban J connectivity index is 2.49. The van der Waals surface area contributed by atoms with Crippen LogP contribution >= 0.6 is 11.6 Å². The molecule has 3 amide bonds. The van der Waals surface area contributed by atoms with Gasteiger partial charge in [-0.25, -0.2) is 4.79 Å². The molecule has 1 aromatic rings. The van der Waals surface area contributed by atoms with Crippen LogP contribution in [0.3, 0.4) is 0 Å². The molecule has 0 spiro atoms. The number of hydrogen-bond donors (Lipinski definition) is 2. The number of halogens is 1. The van der Waals surface area contributed by atoms with E-state index in [-0.39, 0.29) is 11.9 Å². The maximum atomic E-state index is 11.3. The Kier molecular flexibility index (Phi) is 4.72. The van der Waals surface area contributed by atoms with Crippen molar-refractivity contribution in [2.24, 2.45) is 0 Å². The molecular formula is C10H12ClN3O2. The largest absolute Gasteiger partial charge is 0.330 e. The van der Waals surface area contributed by atoms with Crippen molar-refractivity contribution in [3.63, 3.8) is 0 Å². The molecule has 0 saturated heterocycles. The minimum Gasteiger partial charge on any atom is -0.330 e. The minimum atomic E-state index is -0.580. The number of nitrogens with one attached hydrogen (secondary N) is 2. The van der Waals surface area contributed by atoms with Crippen LogP contribution in [0.2, 0.25) is 0 Å². The molecule has 0 radical (unpaired) electrons. The summed E-state index contributed by atoms with van der Waals surface area (Å²) in [7, 11) is 0. The fourth-order valence-corrected chi connectivity index (χ4v) is 1.17. The summed E-state index contributed by atoms with van der Waals surface area (Å²) in [6, 6.07) is 4.54. The molecule has 1 unspecified atom stereocenters. The molecule has 0 aliphatic rings. The van der Waals surface area contributed by atoms with E-state index in [9.17, 15) is 9.59 Å². The number of carbonyl (C=O) groups excluding carboxylic acids is 2. The van der Waals surface area contributed by atoms with Gasteiger partial charge in [0.15, 0.2) is 0 Å². The molecule has 0 bridgehead atoms. The molecule has 1 aromatic heterocycles. The maximum Gasteiger partial charge on any atom is 0.321 e. The van der Waals surface area contributed by atoms with Gasteiger partial charge < -0.3 is 5.32 Å². The highest BCUT2D eigenvalue weighted by Gasteiger charge is 2.11. The van der Waals surface area contributed by atoms with Crippen molar-refractivity contribution in [1.29, 1.82) is 0 Å². The molecule has 2 N–H and O–H groups in total. The molecule has 0 fully saturated rings. The number of imide groups is 1. The van der Waals surface area contributed by atoms with Crippen LogP contribution in [0.25, 0.3) is 0 Å². The number of alkyl halides is 1. The second kappa shape index (κ2) is 6.07. The predicted octanol–water partition coefficient (Wildman–Crippen LogP) is 1.21. The fraction of sp³-hybridized carbons (Fsp3) is 0.300. The average Bonchev–Trinajstić information content (AvgIpc) is 2.29. The Labute approximate surface area is 98.2 Å². The van der Waals surface area contributed by atoms with Crippen LogP contribution in [0.15, 0.2) is 24.4 Å². The minimum absolute atomic E-state index is 0.245. The van der Waals surface area contributed by atoms with Gasteiger partial charge in [0.25, 0.3) is 0 Å². The van der Waals surface area contributed by atoms with Crippen molar-refractivity contribution in [3.8, 4) is 0 Å². The third-order valence-corrected chi connectivity index (χ3v) is 2.10. The van der Waals surface area contributed by atoms with Gasteiger partial charge in [-0.1, -0.05) is 6.07 Å². The molecule has 0 aliphatic carbocycles. The van der Waals surface area contributed by atoms with Gasteiger partial charge in [0, 0.05) is 6.20 Å². The van der Waals surface area contributed by atoms with Gasteiger partial charge in [-0.3, -0.25) is 15.1 Å². The van der Waals surface area contributed by atoms with Crippen molar-refractivity contribution in [3.05, 3.63) is 30.1 Å². The van der Waals surface area contributed by atoms with E-state index in [2.05, 4.69) is 15.6 Å². The number of nitrogens with zero attached hydrogens (tertiary/aromatic N) is 1. The first kappa shape index (κ1) is 12.4. The standard InChI is InChI=1S/C10H12ClN3O2/c1-7(8-4-2-3-5-12-8)13-10(16)14-9(15)6-11/h2-5,7H,6H2,1H3,(H2,13,14,15,16). The molecule has 5 nitrogen and oxygen atoms in total. The topological polar surface area (TPSA) is 71.1 Å². The predicted molar refractivity (Wildman–Crippen MR) is 60.0 cm³/mol. The molecule has 0 aromatic carbocycles. The van der Waals surface area contributed by atoms with E-state index in [0.29, 0.717) is 0 Å². The number of pyridine rings is 1. The van der Waals surface area contributed by atoms with Crippen LogP contribution in [0.4, 0.5) is 4.79 Å². The van der Waals surface area contributed by atoms with Crippen LogP contribution in [-0.4, -0.2) is 22.8 Å². The number of aromatic nitrogens is 1. The molecule has 86 valence electrons. The normalized spacial score (nSPS) is 11.6. The molecule has 1 atom stereocenters. The highest BCUT2D eigenvalue weighted by molar-refractivity contribution is 6.28. The highest BCUT2D eigenvalue weighted by Crippen LogP contribution is 2.06. The number of urea groups is 1. The first-order chi connectivity index (χ1) is 7.63. The summed E-state index contributed by atoms with van der Waals surface area (Å²) < 4.78 is 0. The number of amides is 3. The van der Waals surface area contributed by atoms with Crippen LogP contribution in [0.1, 0.15) is 18.7 Å². The van der Waals surface area contributed by atoms with Crippen LogP contribution in [0, 0.1) is 0 Å². The third-order valence-electron chi connectivity index (χ3n) is 1.85. The van der Waals surface area contributed by atoms with E-state index >= 15 is 0 Å². The van der Waals surface area contributed by atoms with Crippen molar-refractivity contribution in [1.82, 2.24) is 15.6 Å². The zero-order valence-corrected chi connectivity index (χ0v) is 9.49. The van der Waals surface area contributed by atoms with E-state index in [1.165, 1.54) is 0 Å². The quantitative estimate of drug-likeness (QED) is 0.782. The molecular weight excluding hydrogens is 230 g/mol. The second-order valence-corrected chi connectivity index (χ2v) is 3.40. The Bertz CT molecular complexity index is 370. The first-order valence-corrected chi connectivity index (χ1v) is 5.24. The third kappa shape index (κ3) is 3.86. The second-order valence-electron chi connectivity index (χ2n) is 3.13. The lowest BCUT2D eigenvalue weighted by molar-refractivity contribution is -0.117. The van der Waals surface area contributed by atoms with Gasteiger partial charge in [-0.2, -0.15) is 0 Å². The molecule has 6 heteroatoms. The summed E-state index contributed by atoms with van der Waals surface area (Å²) in [6.07, 6.45) is 1.63. The number of carbonyl (C=O) groups is 2. The van der Waals surface area contributed by atoms with Crippen LogP contribution in [0.5, 0.6) is 0 Å². The smallest absolute Gasteiger partial charge is 0.321 e. The molecule has 0 aliphatic heterocycles. The lowest BCUT2D eigenvalue weighted by Gasteiger charge is -2.12. The Morgan fingerprint density at radius 1 is 1.50 bits per heavy atom. The maximum absolute atomic E-state index is 11.3. The Morgan fingerprint density at radius 2 is 2.25 bits per heavy atom. The zero-order valence-electron chi connectivity index (χ0n) is 8.74. The van der Waals surface area contributed by atoms with Gasteiger partial charge in [0.1, 0.15) is 5.88 Å².